The minimum Gasteiger partial charge on any atom is -0.364 e. The summed E-state index contributed by atoms with van der Waals surface area (Å²) < 4.78 is 0. The van der Waals surface area contributed by atoms with E-state index in [4.69, 9.17) is 15.6 Å². The van der Waals surface area contributed by atoms with E-state index >= 15 is 0 Å². The second-order valence-corrected chi connectivity index (χ2v) is 2.93. The molecule has 0 aliphatic heterocycles. The maximum Gasteiger partial charge on any atom is 0.178 e. The van der Waals surface area contributed by atoms with E-state index in [-0.39, 0.29) is 17.1 Å². The van der Waals surface area contributed by atoms with Crippen LogP contribution < -0.4 is 0 Å². The van der Waals surface area contributed by atoms with Crippen LogP contribution in [0.3, 0.4) is 0 Å². The first-order valence-electron chi connectivity index (χ1n) is 4.08. The fourth-order valence-electron chi connectivity index (χ4n) is 1.06. The van der Waals surface area contributed by atoms with Gasteiger partial charge in [0.2, 0.25) is 0 Å². The summed E-state index contributed by atoms with van der Waals surface area (Å²) in [4.78, 5) is 10.9. The van der Waals surface area contributed by atoms with Crippen LogP contribution in [0.15, 0.2) is 24.3 Å². The monoisotopic (exact) mass is 193 g/mol. The highest BCUT2D eigenvalue weighted by molar-refractivity contribution is 6.44. The largest absolute Gasteiger partial charge is 0.364 e. The van der Waals surface area contributed by atoms with Crippen molar-refractivity contribution >= 4 is 11.5 Å². The molecular formula is C10H11NO3. The van der Waals surface area contributed by atoms with Gasteiger partial charge in [0.25, 0.3) is 0 Å². The third kappa shape index (κ3) is 2.25. The molecule has 0 fully saturated rings. The molecule has 0 atom stereocenters. The van der Waals surface area contributed by atoms with Crippen LogP contribution >= 0.6 is 0 Å². The lowest BCUT2D eigenvalue weighted by Crippen LogP contribution is -2.10. The smallest absolute Gasteiger partial charge is 0.178 e. The fraction of sp³-hybridized carbons (Fsp3) is 0.200. The summed E-state index contributed by atoms with van der Waals surface area (Å²) in [7, 11) is 0. The molecule has 4 heteroatoms. The molecule has 0 bridgehead atoms. The summed E-state index contributed by atoms with van der Waals surface area (Å²) in [5.74, 6) is -0.352. The molecule has 1 aromatic carbocycles. The molecule has 0 saturated carbocycles. The summed E-state index contributed by atoms with van der Waals surface area (Å²) in [5.41, 5.74) is 0.532. The molecule has 14 heavy (non-hydrogen) atoms. The molecule has 4 nitrogen and oxygen atoms in total. The normalized spacial score (nSPS) is 10.3. The Morgan fingerprint density at radius 3 is 2.57 bits per heavy atom. The first kappa shape index (κ1) is 10.6. The van der Waals surface area contributed by atoms with E-state index in [0.29, 0.717) is 5.56 Å². The van der Waals surface area contributed by atoms with Gasteiger partial charge in [0.15, 0.2) is 12.1 Å². The maximum atomic E-state index is 10.9. The number of rotatable bonds is 3. The second kappa shape index (κ2) is 4.13. The van der Waals surface area contributed by atoms with Crippen LogP contribution in [-0.2, 0) is 4.79 Å². The zero-order valence-corrected chi connectivity index (χ0v) is 7.69. The molecule has 0 aliphatic carbocycles. The molecule has 3 N–H and O–H groups in total. The maximum absolute atomic E-state index is 10.9. The number of aliphatic hydroxyl groups is 2. The fourth-order valence-corrected chi connectivity index (χ4v) is 1.06. The molecule has 0 aromatic heterocycles. The molecule has 0 radical (unpaired) electrons. The number of nitrogens with one attached hydrogen (secondary N) is 1. The summed E-state index contributed by atoms with van der Waals surface area (Å²) in [5, 5.41) is 25.1. The van der Waals surface area contributed by atoms with Crippen molar-refractivity contribution in [2.24, 2.45) is 0 Å². The van der Waals surface area contributed by atoms with Crippen molar-refractivity contribution in [3.8, 4) is 0 Å². The van der Waals surface area contributed by atoms with Crippen molar-refractivity contribution < 1.29 is 15.0 Å². The molecule has 1 rings (SSSR count). The van der Waals surface area contributed by atoms with Crippen molar-refractivity contribution in [2.75, 3.05) is 0 Å². The molecule has 1 aromatic rings. The van der Waals surface area contributed by atoms with Gasteiger partial charge in [-0.15, -0.1) is 0 Å². The Labute approximate surface area is 81.3 Å². The molecule has 0 spiro atoms. The minimum atomic E-state index is -1.57. The van der Waals surface area contributed by atoms with Crippen molar-refractivity contribution in [1.82, 2.24) is 0 Å². The lowest BCUT2D eigenvalue weighted by atomic mass is 10.0. The number of hydrogen-bond acceptors (Lipinski definition) is 4. The number of ketones is 1. The molecular weight excluding hydrogens is 182 g/mol. The molecule has 0 aliphatic rings. The Balaban J connectivity index is 3.06. The van der Waals surface area contributed by atoms with E-state index < -0.39 is 6.29 Å². The topological polar surface area (TPSA) is 81.4 Å². The Morgan fingerprint density at radius 1 is 1.43 bits per heavy atom. The average molecular weight is 193 g/mol. The van der Waals surface area contributed by atoms with E-state index in [1.807, 2.05) is 0 Å². The number of aliphatic hydroxyl groups excluding tert-OH is 1. The minimum absolute atomic E-state index is 0.132. The predicted molar refractivity (Wildman–Crippen MR) is 51.1 cm³/mol. The van der Waals surface area contributed by atoms with Crippen LogP contribution in [0, 0.1) is 5.41 Å². The van der Waals surface area contributed by atoms with Gasteiger partial charge in [-0.25, -0.2) is 0 Å². The SMILES string of the molecule is CC(=O)C(=N)c1cccc(C(O)O)c1. The van der Waals surface area contributed by atoms with Gasteiger partial charge in [-0.05, 0) is 6.07 Å². The van der Waals surface area contributed by atoms with Crippen molar-refractivity contribution in [2.45, 2.75) is 13.2 Å². The van der Waals surface area contributed by atoms with E-state index in [2.05, 4.69) is 0 Å². The molecule has 0 heterocycles. The molecule has 0 amide bonds. The first-order chi connectivity index (χ1) is 6.52. The average Bonchev–Trinajstić information content (AvgIpc) is 2.16. The summed E-state index contributed by atoms with van der Waals surface area (Å²) in [6.07, 6.45) is -1.57. The zero-order chi connectivity index (χ0) is 10.7. The summed E-state index contributed by atoms with van der Waals surface area (Å²) in [6.45, 7) is 1.30. The highest BCUT2D eigenvalue weighted by Gasteiger charge is 2.09. The van der Waals surface area contributed by atoms with Gasteiger partial charge < -0.3 is 10.2 Å². The number of Topliss-reactive ketones (excluding diaryl/α,β-unsaturated/α-hetero) is 1. The lowest BCUT2D eigenvalue weighted by Gasteiger charge is -2.05. The standard InChI is InChI=1S/C10H11NO3/c1-6(12)9(11)7-3-2-4-8(5-7)10(13)14/h2-5,10-11,13-14H,1H3. The van der Waals surface area contributed by atoms with Crippen LogP contribution in [0.1, 0.15) is 24.3 Å². The van der Waals surface area contributed by atoms with E-state index in [1.165, 1.54) is 19.1 Å². The number of hydrogen-bond donors (Lipinski definition) is 3. The third-order valence-corrected chi connectivity index (χ3v) is 1.83. The van der Waals surface area contributed by atoms with E-state index in [0.717, 1.165) is 0 Å². The number of benzene rings is 1. The van der Waals surface area contributed by atoms with Gasteiger partial charge in [0.05, 0.1) is 0 Å². The van der Waals surface area contributed by atoms with Crippen molar-refractivity contribution in [1.29, 1.82) is 5.41 Å². The van der Waals surface area contributed by atoms with Gasteiger partial charge in [0, 0.05) is 18.1 Å². The highest BCUT2D eigenvalue weighted by atomic mass is 16.5. The molecule has 0 unspecified atom stereocenters. The Morgan fingerprint density at radius 2 is 2.07 bits per heavy atom. The van der Waals surface area contributed by atoms with Crippen LogP contribution in [0.5, 0.6) is 0 Å². The number of carbonyl (C=O) groups excluding carboxylic acids is 1. The van der Waals surface area contributed by atoms with Crippen LogP contribution in [0.4, 0.5) is 0 Å². The number of carbonyl (C=O) groups is 1. The van der Waals surface area contributed by atoms with Crippen LogP contribution in [-0.4, -0.2) is 21.7 Å². The van der Waals surface area contributed by atoms with E-state index in [9.17, 15) is 4.79 Å². The van der Waals surface area contributed by atoms with Gasteiger partial charge in [-0.3, -0.25) is 10.2 Å². The predicted octanol–water partition coefficient (Wildman–Crippen LogP) is 0.627. The first-order valence-corrected chi connectivity index (χ1v) is 4.08. The molecule has 74 valence electrons. The quantitative estimate of drug-likeness (QED) is 0.486. The van der Waals surface area contributed by atoms with Gasteiger partial charge in [-0.2, -0.15) is 0 Å². The van der Waals surface area contributed by atoms with Gasteiger partial charge in [-0.1, -0.05) is 18.2 Å². The second-order valence-electron chi connectivity index (χ2n) is 2.93. The van der Waals surface area contributed by atoms with Crippen LogP contribution in [0.2, 0.25) is 0 Å². The Bertz CT molecular complexity index is 371. The van der Waals surface area contributed by atoms with Crippen LogP contribution in [0.25, 0.3) is 0 Å². The summed E-state index contributed by atoms with van der Waals surface area (Å²) in [6, 6.07) is 6.08. The molecule has 0 saturated heterocycles. The van der Waals surface area contributed by atoms with Gasteiger partial charge in [0.1, 0.15) is 5.71 Å². The Kier molecular flexibility index (Phi) is 3.11. The van der Waals surface area contributed by atoms with Crippen molar-refractivity contribution in [3.63, 3.8) is 0 Å². The Hall–Kier alpha value is -1.52. The highest BCUT2D eigenvalue weighted by Crippen LogP contribution is 2.12. The summed E-state index contributed by atoms with van der Waals surface area (Å²) >= 11 is 0. The zero-order valence-electron chi connectivity index (χ0n) is 7.69. The third-order valence-electron chi connectivity index (χ3n) is 1.83. The van der Waals surface area contributed by atoms with Gasteiger partial charge >= 0.3 is 0 Å². The lowest BCUT2D eigenvalue weighted by molar-refractivity contribution is -0.111. The van der Waals surface area contributed by atoms with Crippen molar-refractivity contribution in [3.05, 3.63) is 35.4 Å². The van der Waals surface area contributed by atoms with E-state index in [1.54, 1.807) is 12.1 Å².